The van der Waals surface area contributed by atoms with E-state index in [1.54, 1.807) is 7.11 Å². The second kappa shape index (κ2) is 9.92. The van der Waals surface area contributed by atoms with Crippen molar-refractivity contribution in [1.29, 1.82) is 0 Å². The zero-order chi connectivity index (χ0) is 22.5. The monoisotopic (exact) mass is 434 g/mol. The fourth-order valence-corrected chi connectivity index (χ4v) is 4.05. The van der Waals surface area contributed by atoms with Crippen molar-refractivity contribution in [2.24, 2.45) is 0 Å². The fraction of sp³-hybridized carbons (Fsp3) is 0.583. The number of ether oxygens (including phenoxy) is 3. The van der Waals surface area contributed by atoms with Crippen LogP contribution in [0.25, 0.3) is 10.1 Å². The zero-order valence-electron chi connectivity index (χ0n) is 19.2. The summed E-state index contributed by atoms with van der Waals surface area (Å²) in [5.41, 5.74) is 0.423. The first-order valence-electron chi connectivity index (χ1n) is 10.4. The predicted octanol–water partition coefficient (Wildman–Crippen LogP) is 5.96. The number of benzene rings is 1. The molecule has 0 aliphatic heterocycles. The third-order valence-corrected chi connectivity index (χ3v) is 5.43. The molecule has 5 nitrogen and oxygen atoms in total. The molecule has 166 valence electrons. The summed E-state index contributed by atoms with van der Waals surface area (Å²) in [7, 11) is 1.66. The molecule has 0 radical (unpaired) electrons. The van der Waals surface area contributed by atoms with E-state index in [0.29, 0.717) is 11.5 Å². The molecule has 0 saturated heterocycles. The van der Waals surface area contributed by atoms with Crippen LogP contribution in [0.2, 0.25) is 0 Å². The Kier molecular flexibility index (Phi) is 8.06. The summed E-state index contributed by atoms with van der Waals surface area (Å²) in [5.74, 6) is 0.437. The highest BCUT2D eigenvalue weighted by atomic mass is 32.1. The molecule has 30 heavy (non-hydrogen) atoms. The Morgan fingerprint density at radius 2 is 1.67 bits per heavy atom. The van der Waals surface area contributed by atoms with Crippen LogP contribution in [0.15, 0.2) is 18.2 Å². The number of Topliss-reactive ketones (excluding diaryl/α,β-unsaturated/α-hetero) is 1. The maximum atomic E-state index is 12.6. The lowest BCUT2D eigenvalue weighted by molar-refractivity contribution is -0.154. The molecule has 0 amide bonds. The Hall–Kier alpha value is -1.92. The van der Waals surface area contributed by atoms with E-state index in [0.717, 1.165) is 34.2 Å². The van der Waals surface area contributed by atoms with Crippen LogP contribution in [-0.2, 0) is 20.7 Å². The largest absolute Gasteiger partial charge is 0.496 e. The van der Waals surface area contributed by atoms with Crippen LogP contribution in [0, 0.1) is 0 Å². The molecule has 0 atom stereocenters. The number of fused-ring (bicyclic) bond motifs is 1. The number of ketones is 1. The molecule has 0 unspecified atom stereocenters. The lowest BCUT2D eigenvalue weighted by Gasteiger charge is -2.19. The molecule has 0 fully saturated rings. The maximum absolute atomic E-state index is 12.6. The third-order valence-electron chi connectivity index (χ3n) is 4.30. The van der Waals surface area contributed by atoms with Crippen molar-refractivity contribution < 1.29 is 23.8 Å². The lowest BCUT2D eigenvalue weighted by Crippen LogP contribution is -2.24. The summed E-state index contributed by atoms with van der Waals surface area (Å²) in [6.07, 6.45) is 1.97. The number of thiophene rings is 1. The van der Waals surface area contributed by atoms with Gasteiger partial charge in [0.05, 0.1) is 24.0 Å². The van der Waals surface area contributed by atoms with Crippen molar-refractivity contribution >= 4 is 33.2 Å². The van der Waals surface area contributed by atoms with Gasteiger partial charge in [0.25, 0.3) is 0 Å². The predicted molar refractivity (Wildman–Crippen MR) is 122 cm³/mol. The molecular weight excluding hydrogens is 400 g/mol. The molecule has 0 saturated carbocycles. The molecule has 0 bridgehead atoms. The average molecular weight is 435 g/mol. The molecule has 2 rings (SSSR count). The van der Waals surface area contributed by atoms with Crippen LogP contribution in [-0.4, -0.2) is 36.7 Å². The van der Waals surface area contributed by atoms with Gasteiger partial charge in [-0.3, -0.25) is 9.59 Å². The number of hydrogen-bond donors (Lipinski definition) is 0. The minimum Gasteiger partial charge on any atom is -0.496 e. The average Bonchev–Trinajstić information content (AvgIpc) is 3.03. The summed E-state index contributed by atoms with van der Waals surface area (Å²) in [6, 6.07) is 5.99. The van der Waals surface area contributed by atoms with Crippen molar-refractivity contribution in [2.45, 2.75) is 78.4 Å². The minimum atomic E-state index is -0.539. The van der Waals surface area contributed by atoms with E-state index >= 15 is 0 Å². The van der Waals surface area contributed by atoms with Crippen molar-refractivity contribution in [1.82, 2.24) is 0 Å². The number of rotatable bonds is 9. The van der Waals surface area contributed by atoms with Gasteiger partial charge in [0, 0.05) is 17.7 Å². The van der Waals surface area contributed by atoms with Gasteiger partial charge in [0.1, 0.15) is 11.4 Å². The summed E-state index contributed by atoms with van der Waals surface area (Å²) in [6.45, 7) is 12.3. The number of methoxy groups -OCH3 is 1. The van der Waals surface area contributed by atoms with E-state index in [4.69, 9.17) is 14.2 Å². The smallest absolute Gasteiger partial charge is 0.306 e. The van der Waals surface area contributed by atoms with Crippen LogP contribution < -0.4 is 4.74 Å². The van der Waals surface area contributed by atoms with Crippen LogP contribution in [0.4, 0.5) is 0 Å². The zero-order valence-corrected chi connectivity index (χ0v) is 20.0. The normalized spacial score (nSPS) is 12.2. The fourth-order valence-electron chi connectivity index (χ4n) is 3.01. The minimum absolute atomic E-state index is 0.0406. The SMILES string of the molecule is COc1cc2sc(C(=O)CCC(=O)OC(C)(C)C)cc2cc1CCCOC(C)(C)C. The van der Waals surface area contributed by atoms with Crippen LogP contribution in [0.3, 0.4) is 0 Å². The molecule has 0 aliphatic carbocycles. The van der Waals surface area contributed by atoms with Gasteiger partial charge in [-0.05, 0) is 83.5 Å². The number of carbonyl (C=O) groups excluding carboxylic acids is 2. The molecule has 2 aromatic rings. The van der Waals surface area contributed by atoms with Gasteiger partial charge < -0.3 is 14.2 Å². The highest BCUT2D eigenvalue weighted by Gasteiger charge is 2.19. The maximum Gasteiger partial charge on any atom is 0.306 e. The molecule has 1 aromatic carbocycles. The van der Waals surface area contributed by atoms with Crippen LogP contribution in [0.5, 0.6) is 5.75 Å². The van der Waals surface area contributed by atoms with Crippen molar-refractivity contribution in [3.05, 3.63) is 28.6 Å². The van der Waals surface area contributed by atoms with Gasteiger partial charge in [0.2, 0.25) is 0 Å². The van der Waals surface area contributed by atoms with E-state index in [2.05, 4.69) is 6.07 Å². The molecule has 1 aromatic heterocycles. The second-order valence-electron chi connectivity index (χ2n) is 9.39. The number of esters is 1. The number of hydrogen-bond acceptors (Lipinski definition) is 6. The van der Waals surface area contributed by atoms with E-state index in [1.165, 1.54) is 11.3 Å². The summed E-state index contributed by atoms with van der Waals surface area (Å²) >= 11 is 1.43. The Bertz CT molecular complexity index is 883. The number of aryl methyl sites for hydroxylation is 1. The molecule has 0 N–H and O–H groups in total. The van der Waals surface area contributed by atoms with E-state index < -0.39 is 5.60 Å². The lowest BCUT2D eigenvalue weighted by atomic mass is 10.1. The first-order valence-corrected chi connectivity index (χ1v) is 11.2. The summed E-state index contributed by atoms with van der Waals surface area (Å²) < 4.78 is 17.7. The number of carbonyl (C=O) groups is 2. The molecular formula is C24H34O5S. The van der Waals surface area contributed by atoms with Crippen molar-refractivity contribution in [3.63, 3.8) is 0 Å². The van der Waals surface area contributed by atoms with Crippen LogP contribution in [0.1, 0.15) is 76.0 Å². The molecule has 0 spiro atoms. The summed E-state index contributed by atoms with van der Waals surface area (Å²) in [4.78, 5) is 25.1. The van der Waals surface area contributed by atoms with Gasteiger partial charge >= 0.3 is 5.97 Å². The highest BCUT2D eigenvalue weighted by Crippen LogP contribution is 2.33. The Morgan fingerprint density at radius 3 is 2.27 bits per heavy atom. The quantitative estimate of drug-likeness (QED) is 0.277. The highest BCUT2D eigenvalue weighted by molar-refractivity contribution is 7.20. The molecule has 6 heteroatoms. The Labute approximate surface area is 183 Å². The first kappa shape index (κ1) is 24.4. The first-order chi connectivity index (χ1) is 13.9. The second-order valence-corrected chi connectivity index (χ2v) is 10.5. The van der Waals surface area contributed by atoms with E-state index in [-0.39, 0.29) is 30.2 Å². The standard InChI is InChI=1S/C24H34O5S/c1-23(2,3)28-12-8-9-16-13-17-14-21(30-20(17)15-19(16)27-7)18(25)10-11-22(26)29-24(4,5)6/h13-15H,8-12H2,1-7H3. The van der Waals surface area contributed by atoms with Gasteiger partial charge in [-0.15, -0.1) is 11.3 Å². The Morgan fingerprint density at radius 1 is 0.967 bits per heavy atom. The van der Waals surface area contributed by atoms with Gasteiger partial charge in [-0.25, -0.2) is 0 Å². The van der Waals surface area contributed by atoms with Crippen molar-refractivity contribution in [2.75, 3.05) is 13.7 Å². The van der Waals surface area contributed by atoms with E-state index in [1.807, 2.05) is 53.7 Å². The van der Waals surface area contributed by atoms with Crippen molar-refractivity contribution in [3.8, 4) is 5.75 Å². The summed E-state index contributed by atoms with van der Waals surface area (Å²) in [5, 5.41) is 1.02. The van der Waals surface area contributed by atoms with E-state index in [9.17, 15) is 9.59 Å². The molecule has 0 aliphatic rings. The third kappa shape index (κ3) is 7.73. The Balaban J connectivity index is 2.06. The molecule has 1 heterocycles. The van der Waals surface area contributed by atoms with Gasteiger partial charge in [-0.2, -0.15) is 0 Å². The van der Waals surface area contributed by atoms with Gasteiger partial charge in [-0.1, -0.05) is 0 Å². The topological polar surface area (TPSA) is 61.8 Å². The van der Waals surface area contributed by atoms with Crippen LogP contribution >= 0.6 is 11.3 Å². The van der Waals surface area contributed by atoms with Gasteiger partial charge in [0.15, 0.2) is 5.78 Å².